The second-order valence-electron chi connectivity index (χ2n) is 6.99. The first-order chi connectivity index (χ1) is 14.4. The number of carboxylic acid groups (broad SMARTS) is 1. The summed E-state index contributed by atoms with van der Waals surface area (Å²) in [6, 6.07) is 14.5. The van der Waals surface area contributed by atoms with E-state index in [4.69, 9.17) is 0 Å². The summed E-state index contributed by atoms with van der Waals surface area (Å²) >= 11 is 1.31. The van der Waals surface area contributed by atoms with Gasteiger partial charge in [-0.05, 0) is 56.0 Å². The van der Waals surface area contributed by atoms with Crippen molar-refractivity contribution in [2.45, 2.75) is 13.8 Å². The number of aryl methyl sites for hydroxylation is 1. The van der Waals surface area contributed by atoms with Gasteiger partial charge in [0, 0.05) is 35.8 Å². The van der Waals surface area contributed by atoms with E-state index in [0.29, 0.717) is 22.3 Å². The van der Waals surface area contributed by atoms with E-state index in [1.807, 2.05) is 39.1 Å². The van der Waals surface area contributed by atoms with Gasteiger partial charge >= 0.3 is 5.97 Å². The van der Waals surface area contributed by atoms with E-state index in [-0.39, 0.29) is 11.5 Å². The van der Waals surface area contributed by atoms with Crippen LogP contribution < -0.4 is 0 Å². The van der Waals surface area contributed by atoms with Crippen molar-refractivity contribution in [3.8, 4) is 0 Å². The van der Waals surface area contributed by atoms with Crippen LogP contribution in [0, 0.1) is 6.92 Å². The summed E-state index contributed by atoms with van der Waals surface area (Å²) < 4.78 is 2.12. The molecule has 1 N–H and O–H groups in total. The Bertz CT molecular complexity index is 1240. The highest BCUT2D eigenvalue weighted by Gasteiger charge is 2.32. The molecule has 152 valence electrons. The second kappa shape index (κ2) is 7.84. The fourth-order valence-electron chi connectivity index (χ4n) is 3.55. The number of aromatic carboxylic acids is 1. The standard InChI is InChI=1S/C23H21N3O3S/c1-4-26-21(27)20(13-18-14(2)25(3)19-11-6-5-10-17(18)19)30-23(26)24-16-9-7-8-15(12-16)22(28)29/h5-13H,4H2,1-3H3,(H,28,29)/b20-13+,24-23?. The molecule has 6 nitrogen and oxygen atoms in total. The Balaban J connectivity index is 1.76. The summed E-state index contributed by atoms with van der Waals surface area (Å²) in [7, 11) is 2.02. The van der Waals surface area contributed by atoms with Crippen LogP contribution in [0.5, 0.6) is 0 Å². The van der Waals surface area contributed by atoms with E-state index >= 15 is 0 Å². The molecule has 1 amide bonds. The van der Waals surface area contributed by atoms with Crippen molar-refractivity contribution < 1.29 is 14.7 Å². The number of fused-ring (bicyclic) bond motifs is 1. The number of hydrogen-bond acceptors (Lipinski definition) is 4. The van der Waals surface area contributed by atoms with Crippen LogP contribution in [0.1, 0.15) is 28.5 Å². The van der Waals surface area contributed by atoms with Crippen LogP contribution in [0.15, 0.2) is 58.4 Å². The second-order valence-corrected chi connectivity index (χ2v) is 7.99. The van der Waals surface area contributed by atoms with Gasteiger partial charge in [-0.1, -0.05) is 24.3 Å². The monoisotopic (exact) mass is 419 g/mol. The summed E-state index contributed by atoms with van der Waals surface area (Å²) in [6.07, 6.45) is 1.93. The van der Waals surface area contributed by atoms with Gasteiger partial charge in [0.15, 0.2) is 5.17 Å². The minimum Gasteiger partial charge on any atom is -0.478 e. The molecule has 1 saturated heterocycles. The average molecular weight is 420 g/mol. The van der Waals surface area contributed by atoms with Crippen LogP contribution in [-0.4, -0.2) is 38.2 Å². The molecule has 7 heteroatoms. The first kappa shape index (κ1) is 20.0. The van der Waals surface area contributed by atoms with Crippen molar-refractivity contribution in [2.24, 2.45) is 12.0 Å². The Morgan fingerprint density at radius 2 is 1.97 bits per heavy atom. The molecule has 0 bridgehead atoms. The lowest BCUT2D eigenvalue weighted by atomic mass is 10.1. The van der Waals surface area contributed by atoms with E-state index in [1.54, 1.807) is 17.0 Å². The number of amides is 1. The third kappa shape index (κ3) is 3.41. The molecule has 2 aromatic carbocycles. The number of amidine groups is 1. The highest BCUT2D eigenvalue weighted by molar-refractivity contribution is 8.18. The van der Waals surface area contributed by atoms with E-state index in [9.17, 15) is 14.7 Å². The Hall–Kier alpha value is -3.32. The zero-order valence-electron chi connectivity index (χ0n) is 16.9. The van der Waals surface area contributed by atoms with Crippen molar-refractivity contribution in [1.29, 1.82) is 0 Å². The number of aromatic nitrogens is 1. The van der Waals surface area contributed by atoms with E-state index < -0.39 is 5.97 Å². The summed E-state index contributed by atoms with van der Waals surface area (Å²) in [5, 5.41) is 10.9. The molecule has 1 aliphatic heterocycles. The van der Waals surface area contributed by atoms with Crippen molar-refractivity contribution >= 4 is 51.5 Å². The van der Waals surface area contributed by atoms with Gasteiger partial charge in [-0.2, -0.15) is 0 Å². The highest BCUT2D eigenvalue weighted by Crippen LogP contribution is 2.36. The van der Waals surface area contributed by atoms with Crippen LogP contribution in [0.4, 0.5) is 5.69 Å². The highest BCUT2D eigenvalue weighted by atomic mass is 32.2. The molecular weight excluding hydrogens is 398 g/mol. The Morgan fingerprint density at radius 1 is 1.20 bits per heavy atom. The molecule has 4 rings (SSSR count). The molecule has 1 fully saturated rings. The van der Waals surface area contributed by atoms with Crippen molar-refractivity contribution in [3.05, 3.63) is 70.3 Å². The molecule has 30 heavy (non-hydrogen) atoms. The average Bonchev–Trinajstić information content (AvgIpc) is 3.17. The third-order valence-corrected chi connectivity index (χ3v) is 6.25. The Kier molecular flexibility index (Phi) is 5.22. The SMILES string of the molecule is CCN1C(=O)/C(=C\c2c(C)n(C)c3ccccc23)SC1=Nc1cccc(C(=O)O)c1. The van der Waals surface area contributed by atoms with Crippen LogP contribution in [0.2, 0.25) is 0 Å². The number of para-hydroxylation sites is 1. The van der Waals surface area contributed by atoms with Gasteiger partial charge in [0.05, 0.1) is 16.2 Å². The number of carbonyl (C=O) groups is 2. The Morgan fingerprint density at radius 3 is 2.70 bits per heavy atom. The Labute approximate surface area is 178 Å². The number of benzene rings is 2. The topological polar surface area (TPSA) is 74.9 Å². The molecule has 1 aromatic heterocycles. The van der Waals surface area contributed by atoms with Crippen LogP contribution in [0.25, 0.3) is 17.0 Å². The molecule has 0 radical (unpaired) electrons. The minimum atomic E-state index is -1.01. The van der Waals surface area contributed by atoms with Gasteiger partial charge in [0.1, 0.15) is 0 Å². The van der Waals surface area contributed by atoms with Crippen LogP contribution in [-0.2, 0) is 11.8 Å². The first-order valence-corrected chi connectivity index (χ1v) is 10.4. The number of nitrogens with zero attached hydrogens (tertiary/aromatic N) is 3. The van der Waals surface area contributed by atoms with E-state index in [0.717, 1.165) is 22.2 Å². The number of carboxylic acids is 1. The molecule has 3 aromatic rings. The molecule has 0 saturated carbocycles. The van der Waals surface area contributed by atoms with Gasteiger partial charge in [0.2, 0.25) is 0 Å². The van der Waals surface area contributed by atoms with Gasteiger partial charge < -0.3 is 9.67 Å². The fourth-order valence-corrected chi connectivity index (χ4v) is 4.60. The predicted octanol–water partition coefficient (Wildman–Crippen LogP) is 4.81. The zero-order valence-corrected chi connectivity index (χ0v) is 17.7. The first-order valence-electron chi connectivity index (χ1n) is 9.58. The lowest BCUT2D eigenvalue weighted by Crippen LogP contribution is -2.28. The number of aliphatic imine (C=N–C) groups is 1. The molecule has 2 heterocycles. The van der Waals surface area contributed by atoms with Gasteiger partial charge in [-0.3, -0.25) is 9.69 Å². The lowest BCUT2D eigenvalue weighted by molar-refractivity contribution is -0.122. The number of thioether (sulfide) groups is 1. The van der Waals surface area contributed by atoms with E-state index in [2.05, 4.69) is 21.7 Å². The molecule has 0 atom stereocenters. The number of rotatable bonds is 4. The fraction of sp³-hybridized carbons (Fsp3) is 0.174. The maximum absolute atomic E-state index is 13.0. The molecule has 0 aliphatic carbocycles. The van der Waals surface area contributed by atoms with Crippen LogP contribution >= 0.6 is 11.8 Å². The van der Waals surface area contributed by atoms with E-state index in [1.165, 1.54) is 23.9 Å². The van der Waals surface area contributed by atoms with Crippen molar-refractivity contribution in [3.63, 3.8) is 0 Å². The third-order valence-electron chi connectivity index (χ3n) is 5.25. The number of carbonyl (C=O) groups excluding carboxylic acids is 1. The summed E-state index contributed by atoms with van der Waals surface area (Å²) in [5.41, 5.74) is 3.89. The largest absolute Gasteiger partial charge is 0.478 e. The maximum Gasteiger partial charge on any atom is 0.335 e. The lowest BCUT2D eigenvalue weighted by Gasteiger charge is -2.12. The summed E-state index contributed by atoms with van der Waals surface area (Å²) in [5.74, 6) is -1.10. The summed E-state index contributed by atoms with van der Waals surface area (Å²) in [4.78, 5) is 31.0. The zero-order chi connectivity index (χ0) is 21.4. The minimum absolute atomic E-state index is 0.0945. The van der Waals surface area contributed by atoms with Crippen molar-refractivity contribution in [2.75, 3.05) is 6.54 Å². The van der Waals surface area contributed by atoms with Gasteiger partial charge in [-0.15, -0.1) is 0 Å². The van der Waals surface area contributed by atoms with Gasteiger partial charge in [0.25, 0.3) is 5.91 Å². The quantitative estimate of drug-likeness (QED) is 0.616. The molecule has 0 unspecified atom stereocenters. The summed E-state index contributed by atoms with van der Waals surface area (Å²) in [6.45, 7) is 4.42. The maximum atomic E-state index is 13.0. The molecule has 0 spiro atoms. The normalized spacial score (nSPS) is 16.9. The number of hydrogen-bond donors (Lipinski definition) is 1. The smallest absolute Gasteiger partial charge is 0.335 e. The molecule has 1 aliphatic rings. The van der Waals surface area contributed by atoms with Gasteiger partial charge in [-0.25, -0.2) is 9.79 Å². The predicted molar refractivity (Wildman–Crippen MR) is 121 cm³/mol. The molecular formula is C23H21N3O3S. The number of likely N-dealkylation sites (N-methyl/N-ethyl adjacent to an activating group) is 1. The van der Waals surface area contributed by atoms with Crippen LogP contribution in [0.3, 0.4) is 0 Å². The van der Waals surface area contributed by atoms with Crippen molar-refractivity contribution in [1.82, 2.24) is 9.47 Å².